The first-order valence-corrected chi connectivity index (χ1v) is 10.6. The second kappa shape index (κ2) is 7.97. The molecule has 1 unspecified atom stereocenters. The third-order valence-electron chi connectivity index (χ3n) is 5.19. The summed E-state index contributed by atoms with van der Waals surface area (Å²) in [5.41, 5.74) is 2.75. The molecule has 7 nitrogen and oxygen atoms in total. The van der Waals surface area contributed by atoms with E-state index in [1.165, 1.54) is 11.3 Å². The fourth-order valence-corrected chi connectivity index (χ4v) is 4.67. The molecule has 1 aliphatic rings. The van der Waals surface area contributed by atoms with Gasteiger partial charge >= 0.3 is 0 Å². The number of para-hydroxylation sites is 1. The van der Waals surface area contributed by atoms with Crippen LogP contribution >= 0.6 is 11.3 Å². The molecule has 4 aromatic rings. The van der Waals surface area contributed by atoms with Crippen molar-refractivity contribution in [3.8, 4) is 5.75 Å². The van der Waals surface area contributed by atoms with Crippen molar-refractivity contribution in [2.24, 2.45) is 0 Å². The van der Waals surface area contributed by atoms with Gasteiger partial charge in [-0.3, -0.25) is 19.7 Å². The highest BCUT2D eigenvalue weighted by Gasteiger charge is 2.27. The third-order valence-corrected chi connectivity index (χ3v) is 6.24. The van der Waals surface area contributed by atoms with Crippen molar-refractivity contribution in [3.05, 3.63) is 54.4 Å². The fraction of sp³-hybridized carbons (Fsp3) is 0.273. The number of thiazole rings is 1. The number of carbonyl (C=O) groups excluding carboxylic acids is 1. The number of hydrogen-bond donors (Lipinski definition) is 0. The Morgan fingerprint density at radius 3 is 2.90 bits per heavy atom. The molecule has 0 aliphatic carbocycles. The van der Waals surface area contributed by atoms with Gasteiger partial charge in [-0.2, -0.15) is 0 Å². The lowest BCUT2D eigenvalue weighted by Gasteiger charge is -2.23. The zero-order valence-electron chi connectivity index (χ0n) is 16.4. The van der Waals surface area contributed by atoms with Crippen LogP contribution < -0.4 is 9.64 Å². The Kier molecular flexibility index (Phi) is 5.02. The van der Waals surface area contributed by atoms with Crippen LogP contribution in [0.1, 0.15) is 23.2 Å². The van der Waals surface area contributed by atoms with E-state index in [0.717, 1.165) is 35.2 Å². The highest BCUT2D eigenvalue weighted by atomic mass is 32.1. The number of aromatic nitrogens is 3. The van der Waals surface area contributed by atoms with Crippen LogP contribution in [0.15, 0.2) is 48.8 Å². The van der Waals surface area contributed by atoms with E-state index < -0.39 is 0 Å². The summed E-state index contributed by atoms with van der Waals surface area (Å²) in [4.78, 5) is 28.6. The summed E-state index contributed by atoms with van der Waals surface area (Å²) in [5.74, 6) is 0.566. The molecule has 2 aromatic heterocycles. The van der Waals surface area contributed by atoms with Gasteiger partial charge in [0.1, 0.15) is 11.3 Å². The maximum Gasteiger partial charge on any atom is 0.260 e. The minimum absolute atomic E-state index is 0.00288. The van der Waals surface area contributed by atoms with E-state index in [1.54, 1.807) is 36.5 Å². The lowest BCUT2D eigenvalue weighted by atomic mass is 10.1. The van der Waals surface area contributed by atoms with E-state index in [9.17, 15) is 4.79 Å². The topological polar surface area (TPSA) is 77.4 Å². The Morgan fingerprint density at radius 2 is 2.10 bits per heavy atom. The van der Waals surface area contributed by atoms with Gasteiger partial charge in [0.25, 0.3) is 5.91 Å². The molecular weight excluding hydrogens is 400 g/mol. The van der Waals surface area contributed by atoms with E-state index in [2.05, 4.69) is 9.97 Å². The summed E-state index contributed by atoms with van der Waals surface area (Å²) in [6.07, 6.45) is 5.21. The van der Waals surface area contributed by atoms with Crippen LogP contribution in [-0.4, -0.2) is 47.2 Å². The summed E-state index contributed by atoms with van der Waals surface area (Å²) in [6.45, 7) is 1.19. The molecule has 0 N–H and O–H groups in total. The van der Waals surface area contributed by atoms with E-state index in [0.29, 0.717) is 28.5 Å². The molecule has 5 rings (SSSR count). The van der Waals surface area contributed by atoms with Gasteiger partial charge in [-0.25, -0.2) is 4.98 Å². The average Bonchev–Trinajstić information content (AvgIpc) is 3.46. The number of anilines is 1. The largest absolute Gasteiger partial charge is 0.494 e. The van der Waals surface area contributed by atoms with Crippen molar-refractivity contribution in [3.63, 3.8) is 0 Å². The van der Waals surface area contributed by atoms with Crippen LogP contribution in [0.3, 0.4) is 0 Å². The summed E-state index contributed by atoms with van der Waals surface area (Å²) >= 11 is 1.48. The maximum absolute atomic E-state index is 13.6. The first-order valence-electron chi connectivity index (χ1n) is 9.81. The van der Waals surface area contributed by atoms with Crippen LogP contribution in [0.4, 0.5) is 5.13 Å². The van der Waals surface area contributed by atoms with Gasteiger partial charge in [0.15, 0.2) is 5.13 Å². The standard InChI is InChI=1S/C22H20N4O3S/c1-28-18-5-2-6-19-20(18)25-22(30-19)26(13-15-4-3-11-29-15)21(27)14-7-8-16-17(12-14)24-10-9-23-16/h2,5-10,12,15H,3-4,11,13H2,1H3. The van der Waals surface area contributed by atoms with Crippen molar-refractivity contribution < 1.29 is 14.3 Å². The Bertz CT molecular complexity index is 1220. The molecule has 0 saturated carbocycles. The second-order valence-electron chi connectivity index (χ2n) is 7.11. The Hall–Kier alpha value is -3.10. The van der Waals surface area contributed by atoms with Gasteiger partial charge in [0.05, 0.1) is 35.5 Å². The van der Waals surface area contributed by atoms with Crippen molar-refractivity contribution in [2.75, 3.05) is 25.2 Å². The highest BCUT2D eigenvalue weighted by Crippen LogP contribution is 2.35. The smallest absolute Gasteiger partial charge is 0.260 e. The number of amides is 1. The number of ether oxygens (including phenoxy) is 2. The molecule has 1 amide bonds. The van der Waals surface area contributed by atoms with E-state index in [4.69, 9.17) is 14.5 Å². The van der Waals surface area contributed by atoms with Gasteiger partial charge in [-0.05, 0) is 43.2 Å². The van der Waals surface area contributed by atoms with Gasteiger partial charge in [-0.1, -0.05) is 17.4 Å². The summed E-state index contributed by atoms with van der Waals surface area (Å²) < 4.78 is 12.2. The second-order valence-corrected chi connectivity index (χ2v) is 8.12. The van der Waals surface area contributed by atoms with Crippen LogP contribution in [0.2, 0.25) is 0 Å². The SMILES string of the molecule is COc1cccc2sc(N(CC3CCCO3)C(=O)c3ccc4nccnc4c3)nc12. The first-order chi connectivity index (χ1) is 14.7. The Balaban J connectivity index is 1.56. The van der Waals surface area contributed by atoms with Gasteiger partial charge in [0.2, 0.25) is 0 Å². The summed E-state index contributed by atoms with van der Waals surface area (Å²) in [5, 5.41) is 0.634. The Morgan fingerprint density at radius 1 is 1.23 bits per heavy atom. The highest BCUT2D eigenvalue weighted by molar-refractivity contribution is 7.22. The molecule has 2 aromatic carbocycles. The predicted molar refractivity (Wildman–Crippen MR) is 116 cm³/mol. The number of hydrogen-bond acceptors (Lipinski definition) is 7. The molecule has 1 saturated heterocycles. The number of fused-ring (bicyclic) bond motifs is 2. The third kappa shape index (κ3) is 3.48. The zero-order valence-corrected chi connectivity index (χ0v) is 17.3. The molecule has 1 fully saturated rings. The normalized spacial score (nSPS) is 16.2. The molecular formula is C22H20N4O3S. The molecule has 0 spiro atoms. The lowest BCUT2D eigenvalue weighted by Crippen LogP contribution is -2.37. The number of methoxy groups -OCH3 is 1. The molecule has 1 aliphatic heterocycles. The lowest BCUT2D eigenvalue weighted by molar-refractivity contribution is 0.0917. The minimum Gasteiger partial charge on any atom is -0.494 e. The first kappa shape index (κ1) is 18.9. The zero-order chi connectivity index (χ0) is 20.5. The Labute approximate surface area is 177 Å². The van der Waals surface area contributed by atoms with Crippen molar-refractivity contribution in [2.45, 2.75) is 18.9 Å². The van der Waals surface area contributed by atoms with E-state index >= 15 is 0 Å². The number of nitrogens with zero attached hydrogens (tertiary/aromatic N) is 4. The van der Waals surface area contributed by atoms with E-state index in [-0.39, 0.29) is 12.0 Å². The minimum atomic E-state index is -0.129. The van der Waals surface area contributed by atoms with Crippen LogP contribution in [-0.2, 0) is 4.74 Å². The molecule has 1 atom stereocenters. The van der Waals surface area contributed by atoms with Crippen molar-refractivity contribution >= 4 is 43.6 Å². The molecule has 3 heterocycles. The van der Waals surface area contributed by atoms with E-state index in [1.807, 2.05) is 24.3 Å². The number of rotatable bonds is 5. The van der Waals surface area contributed by atoms with Crippen LogP contribution in [0.5, 0.6) is 5.75 Å². The molecule has 30 heavy (non-hydrogen) atoms. The molecule has 8 heteroatoms. The fourth-order valence-electron chi connectivity index (χ4n) is 3.68. The van der Waals surface area contributed by atoms with Gasteiger partial charge in [0, 0.05) is 24.6 Å². The van der Waals surface area contributed by atoms with Gasteiger partial charge in [-0.15, -0.1) is 0 Å². The molecule has 0 bridgehead atoms. The monoisotopic (exact) mass is 420 g/mol. The quantitative estimate of drug-likeness (QED) is 0.484. The van der Waals surface area contributed by atoms with Gasteiger partial charge < -0.3 is 9.47 Å². The number of benzene rings is 2. The van der Waals surface area contributed by atoms with Crippen molar-refractivity contribution in [1.29, 1.82) is 0 Å². The van der Waals surface area contributed by atoms with Crippen molar-refractivity contribution in [1.82, 2.24) is 15.0 Å². The van der Waals surface area contributed by atoms with Crippen LogP contribution in [0, 0.1) is 0 Å². The summed E-state index contributed by atoms with van der Waals surface area (Å²) in [7, 11) is 1.62. The average molecular weight is 420 g/mol. The number of carbonyl (C=O) groups is 1. The predicted octanol–water partition coefficient (Wildman–Crippen LogP) is 4.07. The molecule has 152 valence electrons. The molecule has 0 radical (unpaired) electrons. The summed E-state index contributed by atoms with van der Waals surface area (Å²) in [6, 6.07) is 11.2. The maximum atomic E-state index is 13.6. The van der Waals surface area contributed by atoms with Crippen LogP contribution in [0.25, 0.3) is 21.3 Å².